The minimum atomic E-state index is 0.119. The molecule has 0 aliphatic heterocycles. The maximum atomic E-state index is 12.0. The number of rotatable bonds is 4. The van der Waals surface area contributed by atoms with Crippen molar-refractivity contribution in [1.82, 2.24) is 14.9 Å². The fourth-order valence-electron chi connectivity index (χ4n) is 2.97. The molecule has 5 heteroatoms. The normalized spacial score (nSPS) is 22.3. The zero-order chi connectivity index (χ0) is 14.7. The van der Waals surface area contributed by atoms with E-state index in [1.165, 1.54) is 0 Å². The summed E-state index contributed by atoms with van der Waals surface area (Å²) in [6, 6.07) is 8.60. The summed E-state index contributed by atoms with van der Waals surface area (Å²) in [7, 11) is 0. The molecule has 1 saturated carbocycles. The lowest BCUT2D eigenvalue weighted by Gasteiger charge is -2.26. The Bertz CT molecular complexity index is 614. The van der Waals surface area contributed by atoms with Gasteiger partial charge in [-0.05, 0) is 37.8 Å². The van der Waals surface area contributed by atoms with Crippen LogP contribution in [0.5, 0.6) is 0 Å². The number of aromatic nitrogens is 2. The van der Waals surface area contributed by atoms with E-state index in [1.54, 1.807) is 6.33 Å². The van der Waals surface area contributed by atoms with Gasteiger partial charge in [0.2, 0.25) is 5.91 Å². The summed E-state index contributed by atoms with van der Waals surface area (Å²) in [5, 5.41) is 3.12. The fourth-order valence-corrected chi connectivity index (χ4v) is 2.97. The first-order valence-corrected chi connectivity index (χ1v) is 7.67. The fraction of sp³-hybridized carbons (Fsp3) is 0.500. The Morgan fingerprint density at radius 1 is 1.29 bits per heavy atom. The third-order valence-corrected chi connectivity index (χ3v) is 4.24. The molecule has 0 radical (unpaired) electrons. The van der Waals surface area contributed by atoms with Crippen LogP contribution in [-0.4, -0.2) is 27.5 Å². The highest BCUT2D eigenvalue weighted by Crippen LogP contribution is 2.17. The van der Waals surface area contributed by atoms with Gasteiger partial charge in [-0.3, -0.25) is 4.79 Å². The Morgan fingerprint density at radius 3 is 2.86 bits per heavy atom. The number of carbonyl (C=O) groups is 1. The maximum Gasteiger partial charge on any atom is 0.222 e. The Morgan fingerprint density at radius 2 is 2.05 bits per heavy atom. The van der Waals surface area contributed by atoms with Gasteiger partial charge in [0, 0.05) is 25.0 Å². The largest absolute Gasteiger partial charge is 0.353 e. The van der Waals surface area contributed by atoms with Crippen molar-refractivity contribution in [2.24, 2.45) is 5.73 Å². The van der Waals surface area contributed by atoms with Crippen molar-refractivity contribution in [2.45, 2.75) is 50.7 Å². The van der Waals surface area contributed by atoms with Crippen molar-refractivity contribution in [3.05, 3.63) is 30.6 Å². The number of para-hydroxylation sites is 2. The van der Waals surface area contributed by atoms with Gasteiger partial charge in [-0.1, -0.05) is 12.1 Å². The molecule has 0 saturated heterocycles. The summed E-state index contributed by atoms with van der Waals surface area (Å²) in [6.07, 6.45) is 6.32. The van der Waals surface area contributed by atoms with Crippen LogP contribution in [0.15, 0.2) is 30.6 Å². The molecule has 1 amide bonds. The van der Waals surface area contributed by atoms with Gasteiger partial charge in [-0.2, -0.15) is 0 Å². The number of hydrogen-bond acceptors (Lipinski definition) is 3. The van der Waals surface area contributed by atoms with Crippen molar-refractivity contribution < 1.29 is 4.79 Å². The van der Waals surface area contributed by atoms with Gasteiger partial charge >= 0.3 is 0 Å². The number of nitrogens with two attached hydrogens (primary N) is 1. The number of nitrogens with one attached hydrogen (secondary N) is 1. The molecule has 1 aliphatic carbocycles. The molecule has 0 spiro atoms. The molecular weight excluding hydrogens is 264 g/mol. The van der Waals surface area contributed by atoms with Crippen LogP contribution in [0.25, 0.3) is 11.0 Å². The van der Waals surface area contributed by atoms with Gasteiger partial charge in [-0.15, -0.1) is 0 Å². The summed E-state index contributed by atoms with van der Waals surface area (Å²) in [4.78, 5) is 16.4. The maximum absolute atomic E-state index is 12.0. The number of fused-ring (bicyclic) bond motifs is 1. The Labute approximate surface area is 124 Å². The molecule has 1 aliphatic rings. The number of imidazole rings is 1. The number of carbonyl (C=O) groups excluding carboxylic acids is 1. The third kappa shape index (κ3) is 3.42. The van der Waals surface area contributed by atoms with Crippen LogP contribution in [0, 0.1) is 0 Å². The lowest BCUT2D eigenvalue weighted by Crippen LogP contribution is -2.40. The van der Waals surface area contributed by atoms with Gasteiger partial charge in [0.1, 0.15) is 0 Å². The molecule has 0 atom stereocenters. The molecule has 112 valence electrons. The molecule has 0 bridgehead atoms. The monoisotopic (exact) mass is 286 g/mol. The Balaban J connectivity index is 1.52. The topological polar surface area (TPSA) is 72.9 Å². The summed E-state index contributed by atoms with van der Waals surface area (Å²) >= 11 is 0. The van der Waals surface area contributed by atoms with Gasteiger partial charge in [0.05, 0.1) is 17.4 Å². The third-order valence-electron chi connectivity index (χ3n) is 4.24. The Hall–Kier alpha value is -1.88. The first-order chi connectivity index (χ1) is 10.2. The first-order valence-electron chi connectivity index (χ1n) is 7.67. The lowest BCUT2D eigenvalue weighted by molar-refractivity contribution is -0.122. The van der Waals surface area contributed by atoms with Crippen molar-refractivity contribution in [3.63, 3.8) is 0 Å². The summed E-state index contributed by atoms with van der Waals surface area (Å²) in [6.45, 7) is 0.665. The SMILES string of the molecule is NC1CCC(NC(=O)CCn2cnc3ccccc32)CC1. The molecule has 1 heterocycles. The summed E-state index contributed by atoms with van der Waals surface area (Å²) < 4.78 is 2.03. The van der Waals surface area contributed by atoms with Crippen LogP contribution in [-0.2, 0) is 11.3 Å². The molecule has 1 aromatic carbocycles. The summed E-state index contributed by atoms with van der Waals surface area (Å²) in [5.41, 5.74) is 7.93. The molecule has 1 aromatic heterocycles. The van der Waals surface area contributed by atoms with Crippen LogP contribution in [0.2, 0.25) is 0 Å². The molecule has 2 aromatic rings. The number of nitrogens with zero attached hydrogens (tertiary/aromatic N) is 2. The van der Waals surface area contributed by atoms with Crippen LogP contribution in [0.4, 0.5) is 0 Å². The highest BCUT2D eigenvalue weighted by Gasteiger charge is 2.19. The smallest absolute Gasteiger partial charge is 0.222 e. The predicted octanol–water partition coefficient (Wildman–Crippen LogP) is 1.81. The average molecular weight is 286 g/mol. The van der Waals surface area contributed by atoms with Crippen molar-refractivity contribution in [2.75, 3.05) is 0 Å². The Kier molecular flexibility index (Phi) is 4.20. The molecular formula is C16H22N4O. The van der Waals surface area contributed by atoms with Crippen LogP contribution in [0.1, 0.15) is 32.1 Å². The number of benzene rings is 1. The van der Waals surface area contributed by atoms with Crippen molar-refractivity contribution in [1.29, 1.82) is 0 Å². The van der Waals surface area contributed by atoms with Crippen LogP contribution < -0.4 is 11.1 Å². The second kappa shape index (κ2) is 6.26. The van der Waals surface area contributed by atoms with Gasteiger partial charge in [-0.25, -0.2) is 4.98 Å². The van der Waals surface area contributed by atoms with E-state index in [1.807, 2.05) is 28.8 Å². The van der Waals surface area contributed by atoms with Crippen LogP contribution >= 0.6 is 0 Å². The molecule has 3 N–H and O–H groups in total. The van der Waals surface area contributed by atoms with Crippen molar-refractivity contribution in [3.8, 4) is 0 Å². The minimum Gasteiger partial charge on any atom is -0.353 e. The van der Waals surface area contributed by atoms with Crippen molar-refractivity contribution >= 4 is 16.9 Å². The van der Waals surface area contributed by atoms with Gasteiger partial charge in [0.25, 0.3) is 0 Å². The molecule has 0 unspecified atom stereocenters. The number of hydrogen-bond donors (Lipinski definition) is 2. The second-order valence-corrected chi connectivity index (χ2v) is 5.86. The van der Waals surface area contributed by atoms with E-state index in [-0.39, 0.29) is 5.91 Å². The number of aryl methyl sites for hydroxylation is 1. The molecule has 21 heavy (non-hydrogen) atoms. The average Bonchev–Trinajstić information content (AvgIpc) is 2.91. The highest BCUT2D eigenvalue weighted by molar-refractivity contribution is 5.77. The van der Waals surface area contributed by atoms with E-state index in [0.29, 0.717) is 25.0 Å². The van der Waals surface area contributed by atoms with E-state index >= 15 is 0 Å². The quantitative estimate of drug-likeness (QED) is 0.900. The molecule has 1 fully saturated rings. The van der Waals surface area contributed by atoms with Crippen LogP contribution in [0.3, 0.4) is 0 Å². The van der Waals surface area contributed by atoms with E-state index in [4.69, 9.17) is 5.73 Å². The van der Waals surface area contributed by atoms with E-state index in [9.17, 15) is 4.79 Å². The standard InChI is InChI=1S/C16H22N4O/c17-12-5-7-13(8-6-12)19-16(21)9-10-20-11-18-14-3-1-2-4-15(14)20/h1-4,11-13H,5-10,17H2,(H,19,21). The second-order valence-electron chi connectivity index (χ2n) is 5.86. The van der Waals surface area contributed by atoms with E-state index < -0.39 is 0 Å². The molecule has 5 nitrogen and oxygen atoms in total. The number of amides is 1. The zero-order valence-corrected chi connectivity index (χ0v) is 12.2. The zero-order valence-electron chi connectivity index (χ0n) is 12.2. The van der Waals surface area contributed by atoms with Gasteiger partial charge in [0.15, 0.2) is 0 Å². The van der Waals surface area contributed by atoms with E-state index in [0.717, 1.165) is 36.7 Å². The van der Waals surface area contributed by atoms with Gasteiger partial charge < -0.3 is 15.6 Å². The predicted molar refractivity (Wildman–Crippen MR) is 82.7 cm³/mol. The first kappa shape index (κ1) is 14.1. The summed E-state index contributed by atoms with van der Waals surface area (Å²) in [5.74, 6) is 0.119. The lowest BCUT2D eigenvalue weighted by atomic mass is 9.92. The minimum absolute atomic E-state index is 0.119. The molecule has 3 rings (SSSR count). The highest BCUT2D eigenvalue weighted by atomic mass is 16.1. The van der Waals surface area contributed by atoms with E-state index in [2.05, 4.69) is 10.3 Å².